The van der Waals surface area contributed by atoms with Gasteiger partial charge in [-0.05, 0) is 71.5 Å². The number of nitrogens with one attached hydrogen (secondary N) is 2. The average Bonchev–Trinajstić information content (AvgIpc) is 3.73. The molecular weight excluding hydrogens is 625 g/mol. The van der Waals surface area contributed by atoms with Crippen LogP contribution in [0.25, 0.3) is 23.0 Å². The van der Waals surface area contributed by atoms with Gasteiger partial charge in [0.1, 0.15) is 12.1 Å². The molecule has 1 fully saturated rings. The van der Waals surface area contributed by atoms with Gasteiger partial charge in [0.2, 0.25) is 11.8 Å². The number of carbonyl (C=O) groups excluding carboxylic acids is 3. The highest BCUT2D eigenvalue weighted by Crippen LogP contribution is 2.30. The number of benzene rings is 2. The number of aliphatic hydroxyl groups is 1. The van der Waals surface area contributed by atoms with Crippen LogP contribution in [0, 0.1) is 0 Å². The minimum absolute atomic E-state index is 0.00216. The third kappa shape index (κ3) is 7.98. The van der Waals surface area contributed by atoms with Gasteiger partial charge in [0.05, 0.1) is 29.9 Å². The molecule has 2 aromatic heterocycles. The van der Waals surface area contributed by atoms with Crippen LogP contribution in [0.4, 0.5) is 4.79 Å². The zero-order valence-corrected chi connectivity index (χ0v) is 25.3. The van der Waals surface area contributed by atoms with E-state index in [1.165, 1.54) is 24.1 Å². The fourth-order valence-electron chi connectivity index (χ4n) is 4.66. The molecule has 0 spiro atoms. The number of likely N-dealkylation sites (tertiary alicyclic amines) is 1. The summed E-state index contributed by atoms with van der Waals surface area (Å²) in [6.07, 6.45) is 3.36. The van der Waals surface area contributed by atoms with Crippen molar-refractivity contribution in [2.45, 2.75) is 25.0 Å². The Morgan fingerprint density at radius 2 is 1.93 bits per heavy atom. The second-order valence-corrected chi connectivity index (χ2v) is 10.8. The van der Waals surface area contributed by atoms with Gasteiger partial charge in [-0.15, -0.1) is 15.3 Å². The number of tetrazole rings is 1. The molecule has 232 valence electrons. The van der Waals surface area contributed by atoms with E-state index in [1.807, 2.05) is 0 Å². The number of ether oxygens (including phenoxy) is 1. The molecule has 1 aliphatic rings. The summed E-state index contributed by atoms with van der Waals surface area (Å²) < 4.78 is 6.56. The van der Waals surface area contributed by atoms with Crippen LogP contribution < -0.4 is 15.4 Å². The SMILES string of the molecule is CNC(=O)Oc1ccc(-c2cc(C(CC(=O)N3CCC(O)C3)NC(=O)C=Cc3cc(Cl)ccc3-n3cnnn3)c(Cl)nn2)cc1. The zero-order chi connectivity index (χ0) is 31.9. The number of nitrogens with zero attached hydrogens (tertiary/aromatic N) is 7. The highest BCUT2D eigenvalue weighted by molar-refractivity contribution is 6.31. The lowest BCUT2D eigenvalue weighted by Gasteiger charge is -2.23. The Morgan fingerprint density at radius 1 is 1.13 bits per heavy atom. The molecule has 16 heteroatoms. The second-order valence-electron chi connectivity index (χ2n) is 9.98. The van der Waals surface area contributed by atoms with E-state index >= 15 is 0 Å². The van der Waals surface area contributed by atoms with E-state index in [-0.39, 0.29) is 24.0 Å². The van der Waals surface area contributed by atoms with E-state index in [9.17, 15) is 19.5 Å². The van der Waals surface area contributed by atoms with Crippen molar-refractivity contribution in [1.82, 2.24) is 45.9 Å². The van der Waals surface area contributed by atoms with Crippen LogP contribution in [-0.2, 0) is 9.59 Å². The van der Waals surface area contributed by atoms with Crippen molar-refractivity contribution < 1.29 is 24.2 Å². The molecule has 1 aliphatic heterocycles. The van der Waals surface area contributed by atoms with Crippen molar-refractivity contribution in [3.63, 3.8) is 0 Å². The average molecular weight is 652 g/mol. The zero-order valence-electron chi connectivity index (χ0n) is 23.8. The normalized spacial score (nSPS) is 15.2. The largest absolute Gasteiger partial charge is 0.412 e. The molecule has 5 rings (SSSR count). The monoisotopic (exact) mass is 651 g/mol. The van der Waals surface area contributed by atoms with Crippen LogP contribution in [0.5, 0.6) is 5.75 Å². The minimum atomic E-state index is -0.900. The highest BCUT2D eigenvalue weighted by atomic mass is 35.5. The van der Waals surface area contributed by atoms with Crippen molar-refractivity contribution in [3.8, 4) is 22.7 Å². The molecular formula is C29H27Cl2N9O5. The summed E-state index contributed by atoms with van der Waals surface area (Å²) in [7, 11) is 1.45. The predicted octanol–water partition coefficient (Wildman–Crippen LogP) is 3.00. The van der Waals surface area contributed by atoms with Gasteiger partial charge < -0.3 is 25.4 Å². The van der Waals surface area contributed by atoms with Gasteiger partial charge in [-0.3, -0.25) is 9.59 Å². The maximum atomic E-state index is 13.3. The Kier molecular flexibility index (Phi) is 9.97. The first-order chi connectivity index (χ1) is 21.7. The molecule has 3 amide bonds. The summed E-state index contributed by atoms with van der Waals surface area (Å²) in [6.45, 7) is 0.597. The molecule has 3 heterocycles. The Bertz CT molecular complexity index is 1720. The van der Waals surface area contributed by atoms with Gasteiger partial charge in [0.15, 0.2) is 5.15 Å². The number of carbonyl (C=O) groups is 3. The third-order valence-electron chi connectivity index (χ3n) is 6.93. The third-order valence-corrected chi connectivity index (χ3v) is 7.46. The molecule has 0 aliphatic carbocycles. The summed E-state index contributed by atoms with van der Waals surface area (Å²) >= 11 is 12.7. The van der Waals surface area contributed by atoms with Crippen molar-refractivity contribution >= 4 is 47.2 Å². The molecule has 3 N–H and O–H groups in total. The fraction of sp³-hybridized carbons (Fsp3) is 0.241. The van der Waals surface area contributed by atoms with Crippen molar-refractivity contribution in [3.05, 3.63) is 82.2 Å². The molecule has 2 unspecified atom stereocenters. The van der Waals surface area contributed by atoms with Crippen LogP contribution in [-0.4, -0.2) is 84.6 Å². The summed E-state index contributed by atoms with van der Waals surface area (Å²) in [5, 5.41) is 35.1. The van der Waals surface area contributed by atoms with Crippen LogP contribution in [0.1, 0.15) is 30.0 Å². The predicted molar refractivity (Wildman–Crippen MR) is 163 cm³/mol. The van der Waals surface area contributed by atoms with Gasteiger partial charge in [-0.25, -0.2) is 4.79 Å². The van der Waals surface area contributed by atoms with Crippen LogP contribution >= 0.6 is 23.2 Å². The second kappa shape index (κ2) is 14.2. The molecule has 2 atom stereocenters. The lowest BCUT2D eigenvalue weighted by molar-refractivity contribution is -0.131. The molecule has 4 aromatic rings. The number of amides is 3. The van der Waals surface area contributed by atoms with Crippen LogP contribution in [0.15, 0.2) is 60.9 Å². The number of hydrogen-bond acceptors (Lipinski definition) is 10. The van der Waals surface area contributed by atoms with Gasteiger partial charge in [-0.2, -0.15) is 4.68 Å². The Morgan fingerprint density at radius 3 is 2.62 bits per heavy atom. The Labute approximate surface area is 267 Å². The molecule has 1 saturated heterocycles. The lowest BCUT2D eigenvalue weighted by Crippen LogP contribution is -2.35. The van der Waals surface area contributed by atoms with Gasteiger partial charge in [-0.1, -0.05) is 23.2 Å². The summed E-state index contributed by atoms with van der Waals surface area (Å²) in [5.41, 5.74) is 2.55. The Hall–Kier alpha value is -4.92. The van der Waals surface area contributed by atoms with E-state index in [0.717, 1.165) is 0 Å². The summed E-state index contributed by atoms with van der Waals surface area (Å²) in [5.74, 6) is -0.484. The first kappa shape index (κ1) is 31.5. The van der Waals surface area contributed by atoms with Gasteiger partial charge in [0, 0.05) is 47.9 Å². The smallest absolute Gasteiger partial charge is 0.410 e. The molecule has 0 saturated carbocycles. The molecule has 0 radical (unpaired) electrons. The topological polar surface area (TPSA) is 177 Å². The first-order valence-electron chi connectivity index (χ1n) is 13.7. The van der Waals surface area contributed by atoms with E-state index in [0.29, 0.717) is 51.8 Å². The molecule has 45 heavy (non-hydrogen) atoms. The van der Waals surface area contributed by atoms with Gasteiger partial charge >= 0.3 is 6.09 Å². The quantitative estimate of drug-likeness (QED) is 0.228. The van der Waals surface area contributed by atoms with Crippen LogP contribution in [0.3, 0.4) is 0 Å². The standard InChI is InChI=1S/C29H27Cl2N9O5/c1-32-29(44)45-21-6-2-17(3-7-21)23-13-22(28(31)36-35-23)24(14-27(43)39-11-10-20(41)15-39)34-26(42)9-4-18-12-19(30)5-8-25(18)40-16-33-37-38-40/h2-9,12-13,16,20,24,41H,10-11,14-15H2,1H3,(H,32,44)(H,34,42). The maximum Gasteiger partial charge on any atom is 0.412 e. The number of aromatic nitrogens is 6. The summed E-state index contributed by atoms with van der Waals surface area (Å²) in [6, 6.07) is 12.3. The molecule has 0 bridgehead atoms. The lowest BCUT2D eigenvalue weighted by atomic mass is 10.0. The first-order valence-corrected chi connectivity index (χ1v) is 14.5. The van der Waals surface area contributed by atoms with Crippen molar-refractivity contribution in [2.24, 2.45) is 0 Å². The van der Waals surface area contributed by atoms with E-state index in [1.54, 1.807) is 59.5 Å². The highest BCUT2D eigenvalue weighted by Gasteiger charge is 2.29. The van der Waals surface area contributed by atoms with Gasteiger partial charge in [0.25, 0.3) is 0 Å². The minimum Gasteiger partial charge on any atom is -0.410 e. The van der Waals surface area contributed by atoms with Crippen molar-refractivity contribution in [1.29, 1.82) is 0 Å². The number of halogens is 2. The summed E-state index contributed by atoms with van der Waals surface area (Å²) in [4.78, 5) is 39.6. The molecule has 2 aromatic carbocycles. The number of rotatable bonds is 9. The number of aliphatic hydroxyl groups excluding tert-OH is 1. The van der Waals surface area contributed by atoms with E-state index in [2.05, 4.69) is 36.4 Å². The fourth-order valence-corrected chi connectivity index (χ4v) is 5.07. The number of hydrogen-bond donors (Lipinski definition) is 3. The molecule has 14 nitrogen and oxygen atoms in total. The maximum absolute atomic E-state index is 13.3. The van der Waals surface area contributed by atoms with E-state index in [4.69, 9.17) is 27.9 Å². The Balaban J connectivity index is 1.42. The number of β-amino-alcohol motifs (C(OH)–C–C–N with tert-alkyl or cyclic N) is 1. The van der Waals surface area contributed by atoms with Crippen LogP contribution in [0.2, 0.25) is 10.2 Å². The van der Waals surface area contributed by atoms with E-state index < -0.39 is 24.1 Å². The van der Waals surface area contributed by atoms with Crippen molar-refractivity contribution in [2.75, 3.05) is 20.1 Å².